The third kappa shape index (κ3) is 3.27. The molecule has 4 heterocycles. The Bertz CT molecular complexity index is 522. The van der Waals surface area contributed by atoms with Crippen LogP contribution in [0.25, 0.3) is 0 Å². The SMILES string of the molecule is CC[C@@H]1CN(c2nc(N3CCCC3)nc(N3CCCC3)n2)CCO1. The molecule has 3 saturated heterocycles. The van der Waals surface area contributed by atoms with Crippen LogP contribution in [0.1, 0.15) is 39.0 Å². The Morgan fingerprint density at radius 1 is 0.792 bits per heavy atom. The molecule has 0 radical (unpaired) electrons. The van der Waals surface area contributed by atoms with E-state index in [1.54, 1.807) is 0 Å². The highest BCUT2D eigenvalue weighted by atomic mass is 16.5. The molecule has 1 atom stereocenters. The van der Waals surface area contributed by atoms with Crippen LogP contribution in [0.2, 0.25) is 0 Å². The molecule has 0 amide bonds. The third-order valence-electron chi connectivity index (χ3n) is 5.25. The minimum Gasteiger partial charge on any atom is -0.375 e. The first-order valence-electron chi connectivity index (χ1n) is 9.46. The molecule has 4 rings (SSSR count). The van der Waals surface area contributed by atoms with Crippen molar-refractivity contribution >= 4 is 17.8 Å². The first-order valence-corrected chi connectivity index (χ1v) is 9.46. The lowest BCUT2D eigenvalue weighted by atomic mass is 10.2. The highest BCUT2D eigenvalue weighted by molar-refractivity contribution is 5.47. The van der Waals surface area contributed by atoms with Crippen molar-refractivity contribution in [3.8, 4) is 0 Å². The monoisotopic (exact) mass is 332 g/mol. The van der Waals surface area contributed by atoms with Crippen molar-refractivity contribution in [1.29, 1.82) is 0 Å². The number of anilines is 3. The Morgan fingerprint density at radius 3 is 1.79 bits per heavy atom. The van der Waals surface area contributed by atoms with Gasteiger partial charge in [-0.15, -0.1) is 0 Å². The Labute approximate surface area is 144 Å². The van der Waals surface area contributed by atoms with Gasteiger partial charge in [-0.2, -0.15) is 15.0 Å². The normalized spacial score (nSPS) is 24.9. The van der Waals surface area contributed by atoms with Crippen LogP contribution in [-0.4, -0.2) is 66.9 Å². The van der Waals surface area contributed by atoms with Crippen LogP contribution in [0.4, 0.5) is 17.8 Å². The van der Waals surface area contributed by atoms with Gasteiger partial charge in [-0.25, -0.2) is 0 Å². The van der Waals surface area contributed by atoms with Crippen molar-refractivity contribution in [1.82, 2.24) is 15.0 Å². The second-order valence-corrected chi connectivity index (χ2v) is 6.97. The maximum Gasteiger partial charge on any atom is 0.232 e. The van der Waals surface area contributed by atoms with Gasteiger partial charge in [0.2, 0.25) is 17.8 Å². The van der Waals surface area contributed by atoms with Crippen LogP contribution in [0.5, 0.6) is 0 Å². The minimum atomic E-state index is 0.279. The fourth-order valence-corrected chi connectivity index (χ4v) is 3.75. The molecule has 3 aliphatic rings. The highest BCUT2D eigenvalue weighted by Gasteiger charge is 2.26. The molecule has 132 valence electrons. The lowest BCUT2D eigenvalue weighted by molar-refractivity contribution is 0.0379. The molecule has 0 N–H and O–H groups in total. The van der Waals surface area contributed by atoms with E-state index in [4.69, 9.17) is 19.7 Å². The van der Waals surface area contributed by atoms with Gasteiger partial charge in [0, 0.05) is 39.3 Å². The van der Waals surface area contributed by atoms with Crippen molar-refractivity contribution in [2.75, 3.05) is 60.6 Å². The van der Waals surface area contributed by atoms with Crippen LogP contribution in [0.3, 0.4) is 0 Å². The van der Waals surface area contributed by atoms with Crippen molar-refractivity contribution in [2.45, 2.75) is 45.1 Å². The zero-order valence-corrected chi connectivity index (χ0v) is 14.7. The maximum atomic E-state index is 5.81. The molecule has 7 heteroatoms. The van der Waals surface area contributed by atoms with Crippen LogP contribution >= 0.6 is 0 Å². The number of nitrogens with zero attached hydrogens (tertiary/aromatic N) is 6. The predicted octanol–water partition coefficient (Wildman–Crippen LogP) is 1.69. The van der Waals surface area contributed by atoms with Gasteiger partial charge >= 0.3 is 0 Å². The summed E-state index contributed by atoms with van der Waals surface area (Å²) >= 11 is 0. The quantitative estimate of drug-likeness (QED) is 0.831. The first-order chi connectivity index (χ1) is 11.8. The Hall–Kier alpha value is -1.63. The number of ether oxygens (including phenoxy) is 1. The van der Waals surface area contributed by atoms with Gasteiger partial charge in [0.25, 0.3) is 0 Å². The average molecular weight is 332 g/mol. The van der Waals surface area contributed by atoms with Crippen molar-refractivity contribution < 1.29 is 4.74 Å². The van der Waals surface area contributed by atoms with E-state index in [0.717, 1.165) is 70.1 Å². The molecule has 3 fully saturated rings. The van der Waals surface area contributed by atoms with Gasteiger partial charge in [-0.05, 0) is 32.1 Å². The molecule has 1 aromatic heterocycles. The average Bonchev–Trinajstić information content (AvgIpc) is 3.35. The van der Waals surface area contributed by atoms with Crippen LogP contribution in [-0.2, 0) is 4.74 Å². The lowest BCUT2D eigenvalue weighted by Gasteiger charge is -2.33. The summed E-state index contributed by atoms with van der Waals surface area (Å²) in [5, 5.41) is 0. The van der Waals surface area contributed by atoms with Gasteiger partial charge < -0.3 is 19.4 Å². The van der Waals surface area contributed by atoms with E-state index in [9.17, 15) is 0 Å². The molecular weight excluding hydrogens is 304 g/mol. The molecular formula is C17H28N6O. The standard InChI is InChI=1S/C17H28N6O/c1-2-14-13-23(11-12-24-14)17-19-15(21-7-3-4-8-21)18-16(20-17)22-9-5-6-10-22/h14H,2-13H2,1H3/t14-/m1/s1. The van der Waals surface area contributed by atoms with E-state index in [1.807, 2.05) is 0 Å². The summed E-state index contributed by atoms with van der Waals surface area (Å²) < 4.78 is 5.81. The maximum absolute atomic E-state index is 5.81. The second kappa shape index (κ2) is 7.09. The molecule has 7 nitrogen and oxygen atoms in total. The van der Waals surface area contributed by atoms with E-state index in [-0.39, 0.29) is 6.10 Å². The topological polar surface area (TPSA) is 57.6 Å². The van der Waals surface area contributed by atoms with Crippen molar-refractivity contribution in [2.24, 2.45) is 0 Å². The summed E-state index contributed by atoms with van der Waals surface area (Å²) in [6, 6.07) is 0. The van der Waals surface area contributed by atoms with Crippen molar-refractivity contribution in [3.05, 3.63) is 0 Å². The molecule has 0 spiro atoms. The second-order valence-electron chi connectivity index (χ2n) is 6.97. The summed E-state index contributed by atoms with van der Waals surface area (Å²) in [5.74, 6) is 2.55. The number of morpholine rings is 1. The van der Waals surface area contributed by atoms with Gasteiger partial charge in [-0.3, -0.25) is 0 Å². The molecule has 0 unspecified atom stereocenters. The molecule has 1 aromatic rings. The number of hydrogen-bond acceptors (Lipinski definition) is 7. The summed E-state index contributed by atoms with van der Waals surface area (Å²) in [6.45, 7) is 8.90. The molecule has 0 saturated carbocycles. The summed E-state index contributed by atoms with van der Waals surface area (Å²) in [7, 11) is 0. The fraction of sp³-hybridized carbons (Fsp3) is 0.824. The Morgan fingerprint density at radius 2 is 1.29 bits per heavy atom. The smallest absolute Gasteiger partial charge is 0.232 e. The third-order valence-corrected chi connectivity index (χ3v) is 5.25. The lowest BCUT2D eigenvalue weighted by Crippen LogP contribution is -2.43. The van der Waals surface area contributed by atoms with Crippen molar-refractivity contribution in [3.63, 3.8) is 0 Å². The predicted molar refractivity (Wildman–Crippen MR) is 95.0 cm³/mol. The van der Waals surface area contributed by atoms with Crippen LogP contribution < -0.4 is 14.7 Å². The summed E-state index contributed by atoms with van der Waals surface area (Å²) in [6.07, 6.45) is 6.23. The van der Waals surface area contributed by atoms with Crippen LogP contribution in [0, 0.1) is 0 Å². The molecule has 0 aliphatic carbocycles. The van der Waals surface area contributed by atoms with E-state index < -0.39 is 0 Å². The number of hydrogen-bond donors (Lipinski definition) is 0. The molecule has 3 aliphatic heterocycles. The van der Waals surface area contributed by atoms with Gasteiger partial charge in [-0.1, -0.05) is 6.92 Å². The molecule has 24 heavy (non-hydrogen) atoms. The van der Waals surface area contributed by atoms with Gasteiger partial charge in [0.05, 0.1) is 12.7 Å². The number of aromatic nitrogens is 3. The Balaban J connectivity index is 1.63. The minimum absolute atomic E-state index is 0.279. The highest BCUT2D eigenvalue weighted by Crippen LogP contribution is 2.25. The zero-order valence-electron chi connectivity index (χ0n) is 14.7. The number of rotatable bonds is 4. The zero-order chi connectivity index (χ0) is 16.4. The van der Waals surface area contributed by atoms with E-state index >= 15 is 0 Å². The summed E-state index contributed by atoms with van der Waals surface area (Å²) in [5.41, 5.74) is 0. The molecule has 0 aromatic carbocycles. The largest absolute Gasteiger partial charge is 0.375 e. The fourth-order valence-electron chi connectivity index (χ4n) is 3.75. The van der Waals surface area contributed by atoms with E-state index in [0.29, 0.717) is 0 Å². The van der Waals surface area contributed by atoms with E-state index in [1.165, 1.54) is 25.7 Å². The summed E-state index contributed by atoms with van der Waals surface area (Å²) in [4.78, 5) is 21.3. The van der Waals surface area contributed by atoms with Gasteiger partial charge in [0.15, 0.2) is 0 Å². The first kappa shape index (κ1) is 15.9. The van der Waals surface area contributed by atoms with Gasteiger partial charge in [0.1, 0.15) is 0 Å². The Kier molecular flexibility index (Phi) is 4.69. The van der Waals surface area contributed by atoms with Crippen LogP contribution in [0.15, 0.2) is 0 Å². The van der Waals surface area contributed by atoms with E-state index in [2.05, 4.69) is 21.6 Å². The molecule has 0 bridgehead atoms.